The predicted octanol–water partition coefficient (Wildman–Crippen LogP) is 5.18. The highest BCUT2D eigenvalue weighted by atomic mass is 16.4. The van der Waals surface area contributed by atoms with Crippen LogP contribution in [-0.2, 0) is 4.79 Å². The summed E-state index contributed by atoms with van der Waals surface area (Å²) < 4.78 is 0. The summed E-state index contributed by atoms with van der Waals surface area (Å²) in [6.07, 6.45) is 6.54. The maximum atomic E-state index is 12.8. The summed E-state index contributed by atoms with van der Waals surface area (Å²) in [6, 6.07) is 0. The van der Waals surface area contributed by atoms with E-state index in [2.05, 4.69) is 54.5 Å². The summed E-state index contributed by atoms with van der Waals surface area (Å²) in [4.78, 5) is 12.8. The molecule has 35 heavy (non-hydrogen) atoms. The average Bonchev–Trinajstić information content (AvgIpc) is 2.75. The van der Waals surface area contributed by atoms with Gasteiger partial charge < -0.3 is 20.4 Å². The van der Waals surface area contributed by atoms with Crippen molar-refractivity contribution in [3.8, 4) is 0 Å². The van der Waals surface area contributed by atoms with Gasteiger partial charge in [0, 0.05) is 5.92 Å². The Bertz CT molecular complexity index is 952. The van der Waals surface area contributed by atoms with Gasteiger partial charge in [0.25, 0.3) is 0 Å². The molecule has 0 saturated heterocycles. The molecular weight excluding hydrogens is 440 g/mol. The zero-order valence-corrected chi connectivity index (χ0v) is 22.9. The smallest absolute Gasteiger partial charge is 0.310 e. The standard InChI is InChI=1S/C30H48O5/c1-25(2)12-14-30(24(34)35)15-13-28(6)17(21(30)23(25)33)8-9-20-27(5)16-18(31)22(32)26(3,4)19(27)10-11-29(20,28)7/h8,18-23,31-33H,9-16H2,1-7H3,(H,34,35)/t18-,19+,20+,21-,22+,23+,27+,28+,29-,30+/m1/s1. The number of allylic oxidation sites excluding steroid dienone is 1. The summed E-state index contributed by atoms with van der Waals surface area (Å²) in [5.41, 5.74) is -0.684. The van der Waals surface area contributed by atoms with Crippen LogP contribution in [-0.4, -0.2) is 44.7 Å². The number of carboxylic acids is 1. The van der Waals surface area contributed by atoms with Crippen molar-refractivity contribution < 1.29 is 25.2 Å². The van der Waals surface area contributed by atoms with Crippen LogP contribution in [0.5, 0.6) is 0 Å². The van der Waals surface area contributed by atoms with Gasteiger partial charge in [-0.2, -0.15) is 0 Å². The molecular formula is C30H48O5. The fraction of sp³-hybridized carbons (Fsp3) is 0.900. The van der Waals surface area contributed by atoms with Crippen LogP contribution >= 0.6 is 0 Å². The maximum Gasteiger partial charge on any atom is 0.310 e. The van der Waals surface area contributed by atoms with Gasteiger partial charge in [-0.3, -0.25) is 4.79 Å². The van der Waals surface area contributed by atoms with E-state index in [1.165, 1.54) is 5.57 Å². The molecule has 10 atom stereocenters. The summed E-state index contributed by atoms with van der Waals surface area (Å²) in [7, 11) is 0. The Balaban J connectivity index is 1.63. The Hall–Kier alpha value is -0.910. The normalized spacial score (nSPS) is 54.4. The Morgan fingerprint density at radius 2 is 1.49 bits per heavy atom. The topological polar surface area (TPSA) is 98.0 Å². The molecule has 0 unspecified atom stereocenters. The molecule has 0 spiro atoms. The number of hydrogen-bond donors (Lipinski definition) is 4. The highest BCUT2D eigenvalue weighted by molar-refractivity contribution is 5.77. The van der Waals surface area contributed by atoms with Crippen LogP contribution in [0.25, 0.3) is 0 Å². The van der Waals surface area contributed by atoms with Crippen LogP contribution in [0, 0.1) is 50.2 Å². The van der Waals surface area contributed by atoms with E-state index in [9.17, 15) is 25.2 Å². The van der Waals surface area contributed by atoms with E-state index in [1.807, 2.05) is 0 Å². The molecule has 198 valence electrons. The first-order chi connectivity index (χ1) is 16.0. The van der Waals surface area contributed by atoms with Crippen LogP contribution in [0.4, 0.5) is 0 Å². The first-order valence-corrected chi connectivity index (χ1v) is 14.0. The van der Waals surface area contributed by atoms with Crippen molar-refractivity contribution in [2.24, 2.45) is 50.2 Å². The third kappa shape index (κ3) is 2.95. The number of rotatable bonds is 1. The summed E-state index contributed by atoms with van der Waals surface area (Å²) in [5, 5.41) is 44.1. The van der Waals surface area contributed by atoms with Gasteiger partial charge in [0.1, 0.15) is 0 Å². The Morgan fingerprint density at radius 1 is 0.857 bits per heavy atom. The number of carboxylic acid groups (broad SMARTS) is 1. The summed E-state index contributed by atoms with van der Waals surface area (Å²) in [5.74, 6) is -0.420. The third-order valence-electron chi connectivity index (χ3n) is 13.2. The molecule has 0 bridgehead atoms. The second-order valence-corrected chi connectivity index (χ2v) is 15.2. The van der Waals surface area contributed by atoms with Crippen molar-refractivity contribution in [1.82, 2.24) is 0 Å². The molecule has 0 aromatic carbocycles. The van der Waals surface area contributed by atoms with Crippen LogP contribution < -0.4 is 0 Å². The summed E-state index contributed by atoms with van der Waals surface area (Å²) >= 11 is 0. The van der Waals surface area contributed by atoms with E-state index in [-0.39, 0.29) is 33.0 Å². The van der Waals surface area contributed by atoms with Crippen molar-refractivity contribution in [2.45, 2.75) is 118 Å². The lowest BCUT2D eigenvalue weighted by Crippen LogP contribution is -2.68. The number of aliphatic hydroxyl groups is 3. The zero-order valence-electron chi connectivity index (χ0n) is 22.9. The third-order valence-corrected chi connectivity index (χ3v) is 13.2. The van der Waals surface area contributed by atoms with E-state index < -0.39 is 29.7 Å². The lowest BCUT2D eigenvalue weighted by atomic mass is 9.33. The Kier molecular flexibility index (Phi) is 5.40. The van der Waals surface area contributed by atoms with E-state index in [0.717, 1.165) is 32.1 Å². The molecule has 5 nitrogen and oxygen atoms in total. The van der Waals surface area contributed by atoms with Crippen molar-refractivity contribution in [3.63, 3.8) is 0 Å². The van der Waals surface area contributed by atoms with Gasteiger partial charge >= 0.3 is 5.97 Å². The molecule has 0 radical (unpaired) electrons. The average molecular weight is 489 g/mol. The van der Waals surface area contributed by atoms with E-state index in [4.69, 9.17) is 0 Å². The first kappa shape index (κ1) is 25.7. The van der Waals surface area contributed by atoms with Gasteiger partial charge in [0.05, 0.1) is 23.7 Å². The second kappa shape index (κ2) is 7.35. The van der Waals surface area contributed by atoms with Gasteiger partial charge in [0.2, 0.25) is 0 Å². The first-order valence-electron chi connectivity index (χ1n) is 14.0. The molecule has 0 aliphatic heterocycles. The van der Waals surface area contributed by atoms with Crippen LogP contribution in [0.1, 0.15) is 99.8 Å². The van der Waals surface area contributed by atoms with Crippen LogP contribution in [0.3, 0.4) is 0 Å². The van der Waals surface area contributed by atoms with E-state index >= 15 is 0 Å². The molecule has 4 saturated carbocycles. The second-order valence-electron chi connectivity index (χ2n) is 15.2. The van der Waals surface area contributed by atoms with E-state index in [1.54, 1.807) is 0 Å². The Labute approximate surface area is 211 Å². The maximum absolute atomic E-state index is 12.8. The van der Waals surface area contributed by atoms with Crippen molar-refractivity contribution in [2.75, 3.05) is 0 Å². The SMILES string of the molecule is CC1(C)CC[C@]2(C(=O)O)CC[C@@]3(C)C(=CC[C@H]4[C@@]5(C)C[C@@H](O)[C@H](O)C(C)(C)[C@@H]5CC[C@]43C)[C@@H]2[C@@H]1O. The monoisotopic (exact) mass is 488 g/mol. The molecule has 0 aromatic rings. The zero-order chi connectivity index (χ0) is 26.0. The molecule has 0 heterocycles. The molecule has 4 fully saturated rings. The predicted molar refractivity (Wildman–Crippen MR) is 135 cm³/mol. The number of carbonyl (C=O) groups is 1. The largest absolute Gasteiger partial charge is 0.481 e. The number of fused-ring (bicyclic) bond motifs is 7. The van der Waals surface area contributed by atoms with Crippen molar-refractivity contribution in [3.05, 3.63) is 11.6 Å². The lowest BCUT2D eigenvalue weighted by molar-refractivity contribution is -0.234. The molecule has 5 aliphatic carbocycles. The van der Waals surface area contributed by atoms with Gasteiger partial charge in [-0.15, -0.1) is 0 Å². The number of aliphatic carboxylic acids is 1. The van der Waals surface area contributed by atoms with Gasteiger partial charge in [-0.25, -0.2) is 0 Å². The number of aliphatic hydroxyl groups excluding tert-OH is 3. The quantitative estimate of drug-likeness (QED) is 0.382. The highest BCUT2D eigenvalue weighted by Crippen LogP contribution is 2.75. The fourth-order valence-corrected chi connectivity index (χ4v) is 10.7. The minimum atomic E-state index is -0.877. The molecule has 5 aliphatic rings. The summed E-state index contributed by atoms with van der Waals surface area (Å²) in [6.45, 7) is 15.6. The molecule has 0 aromatic heterocycles. The minimum absolute atomic E-state index is 0.0492. The molecule has 4 N–H and O–H groups in total. The lowest BCUT2D eigenvalue weighted by Gasteiger charge is -2.71. The van der Waals surface area contributed by atoms with Gasteiger partial charge in [-0.05, 0) is 90.3 Å². The number of hydrogen-bond acceptors (Lipinski definition) is 4. The molecule has 5 heteroatoms. The van der Waals surface area contributed by atoms with Crippen LogP contribution in [0.15, 0.2) is 11.6 Å². The van der Waals surface area contributed by atoms with Crippen molar-refractivity contribution >= 4 is 5.97 Å². The highest BCUT2D eigenvalue weighted by Gasteiger charge is 2.71. The van der Waals surface area contributed by atoms with Crippen LogP contribution in [0.2, 0.25) is 0 Å². The molecule has 5 rings (SSSR count). The van der Waals surface area contributed by atoms with Crippen molar-refractivity contribution in [1.29, 1.82) is 0 Å². The van der Waals surface area contributed by atoms with Gasteiger partial charge in [-0.1, -0.05) is 60.1 Å². The molecule has 0 amide bonds. The van der Waals surface area contributed by atoms with E-state index in [0.29, 0.717) is 31.1 Å². The Morgan fingerprint density at radius 3 is 2.11 bits per heavy atom. The van der Waals surface area contributed by atoms with Gasteiger partial charge in [0.15, 0.2) is 0 Å². The fourth-order valence-electron chi connectivity index (χ4n) is 10.7. The minimum Gasteiger partial charge on any atom is -0.481 e.